The Morgan fingerprint density at radius 2 is 1.95 bits per heavy atom. The molecule has 19 heavy (non-hydrogen) atoms. The number of benzene rings is 1. The number of rotatable bonds is 3. The van der Waals surface area contributed by atoms with Gasteiger partial charge in [-0.1, -0.05) is 13.0 Å². The van der Waals surface area contributed by atoms with E-state index in [1.807, 2.05) is 0 Å². The minimum absolute atomic E-state index is 0.829. The smallest absolute Gasteiger partial charge is 0.0702 e. The molecular weight excluding hydrogens is 232 g/mol. The zero-order valence-electron chi connectivity index (χ0n) is 11.7. The van der Waals surface area contributed by atoms with E-state index in [4.69, 9.17) is 0 Å². The molecule has 2 nitrogen and oxygen atoms in total. The van der Waals surface area contributed by atoms with Crippen LogP contribution in [0.2, 0.25) is 0 Å². The molecule has 1 aliphatic heterocycles. The third kappa shape index (κ3) is 2.95. The maximum absolute atomic E-state index is 4.61. The standard InChI is InChI=1S/C17H22N2/c1-2-13-3-4-17-16(10-13)11-15(12-19-17)9-14-5-7-18-8-6-14/h3-4,10-12,14,18H,2,5-9H2,1H3. The van der Waals surface area contributed by atoms with Gasteiger partial charge in [-0.15, -0.1) is 0 Å². The normalized spacial score (nSPS) is 16.9. The maximum Gasteiger partial charge on any atom is 0.0702 e. The van der Waals surface area contributed by atoms with Crippen molar-refractivity contribution < 1.29 is 0 Å². The lowest BCUT2D eigenvalue weighted by molar-refractivity contribution is 0.372. The predicted octanol–water partition coefficient (Wildman–Crippen LogP) is 3.34. The topological polar surface area (TPSA) is 24.9 Å². The zero-order valence-corrected chi connectivity index (χ0v) is 11.7. The van der Waals surface area contributed by atoms with Crippen LogP contribution in [0.4, 0.5) is 0 Å². The number of nitrogens with zero attached hydrogens (tertiary/aromatic N) is 1. The van der Waals surface area contributed by atoms with Crippen molar-refractivity contribution in [2.75, 3.05) is 13.1 Å². The Kier molecular flexibility index (Phi) is 3.79. The molecule has 1 aliphatic rings. The van der Waals surface area contributed by atoms with Gasteiger partial charge >= 0.3 is 0 Å². The van der Waals surface area contributed by atoms with Crippen molar-refractivity contribution >= 4 is 10.9 Å². The van der Waals surface area contributed by atoms with E-state index in [0.29, 0.717) is 0 Å². The van der Waals surface area contributed by atoms with Crippen LogP contribution in [-0.2, 0) is 12.8 Å². The number of pyridine rings is 1. The van der Waals surface area contributed by atoms with Gasteiger partial charge in [0, 0.05) is 11.6 Å². The number of aromatic nitrogens is 1. The fourth-order valence-electron chi connectivity index (χ4n) is 2.98. The Hall–Kier alpha value is -1.41. The van der Waals surface area contributed by atoms with Crippen molar-refractivity contribution in [1.29, 1.82) is 0 Å². The monoisotopic (exact) mass is 254 g/mol. The van der Waals surface area contributed by atoms with E-state index in [9.17, 15) is 0 Å². The van der Waals surface area contributed by atoms with Crippen molar-refractivity contribution in [3.8, 4) is 0 Å². The third-order valence-electron chi connectivity index (χ3n) is 4.19. The molecule has 0 unspecified atom stereocenters. The second-order valence-electron chi connectivity index (χ2n) is 5.62. The summed E-state index contributed by atoms with van der Waals surface area (Å²) in [5, 5.41) is 4.73. The molecule has 1 fully saturated rings. The largest absolute Gasteiger partial charge is 0.317 e. The van der Waals surface area contributed by atoms with Crippen molar-refractivity contribution in [2.24, 2.45) is 5.92 Å². The number of fused-ring (bicyclic) bond motifs is 1. The Morgan fingerprint density at radius 1 is 1.16 bits per heavy atom. The van der Waals surface area contributed by atoms with Gasteiger partial charge in [0.25, 0.3) is 0 Å². The van der Waals surface area contributed by atoms with E-state index in [1.54, 1.807) is 0 Å². The van der Waals surface area contributed by atoms with Gasteiger partial charge in [-0.2, -0.15) is 0 Å². The number of piperidine rings is 1. The third-order valence-corrected chi connectivity index (χ3v) is 4.19. The first-order chi connectivity index (χ1) is 9.35. The molecule has 0 amide bonds. The van der Waals surface area contributed by atoms with Gasteiger partial charge in [0.15, 0.2) is 0 Å². The average Bonchev–Trinajstić information content (AvgIpc) is 2.47. The van der Waals surface area contributed by atoms with Crippen LogP contribution in [0.5, 0.6) is 0 Å². The second kappa shape index (κ2) is 5.70. The Morgan fingerprint density at radius 3 is 2.74 bits per heavy atom. The van der Waals surface area contributed by atoms with Crippen LogP contribution in [0, 0.1) is 5.92 Å². The first-order valence-electron chi connectivity index (χ1n) is 7.43. The molecule has 1 saturated heterocycles. The van der Waals surface area contributed by atoms with Crippen LogP contribution in [0.15, 0.2) is 30.5 Å². The molecule has 1 N–H and O–H groups in total. The molecule has 0 bridgehead atoms. The number of nitrogens with one attached hydrogen (secondary N) is 1. The van der Waals surface area contributed by atoms with Gasteiger partial charge in [-0.3, -0.25) is 4.98 Å². The molecule has 0 radical (unpaired) electrons. The summed E-state index contributed by atoms with van der Waals surface area (Å²) in [5.41, 5.74) is 3.91. The lowest BCUT2D eigenvalue weighted by Crippen LogP contribution is -2.28. The summed E-state index contributed by atoms with van der Waals surface area (Å²) in [5.74, 6) is 0.829. The van der Waals surface area contributed by atoms with Crippen LogP contribution >= 0.6 is 0 Å². The molecule has 0 aliphatic carbocycles. The number of hydrogen-bond acceptors (Lipinski definition) is 2. The summed E-state index contributed by atoms with van der Waals surface area (Å²) in [6.07, 6.45) is 6.94. The van der Waals surface area contributed by atoms with Crippen molar-refractivity contribution in [2.45, 2.75) is 32.6 Å². The SMILES string of the molecule is CCc1ccc2ncc(CC3CCNCC3)cc2c1. The van der Waals surface area contributed by atoms with Gasteiger partial charge in [-0.05, 0) is 74.0 Å². The summed E-state index contributed by atoms with van der Waals surface area (Å²) < 4.78 is 0. The molecule has 2 heterocycles. The van der Waals surface area contributed by atoms with Gasteiger partial charge in [0.2, 0.25) is 0 Å². The summed E-state index contributed by atoms with van der Waals surface area (Å²) in [6.45, 7) is 4.55. The van der Waals surface area contributed by atoms with Gasteiger partial charge in [0.1, 0.15) is 0 Å². The lowest BCUT2D eigenvalue weighted by Gasteiger charge is -2.22. The number of hydrogen-bond donors (Lipinski definition) is 1. The lowest BCUT2D eigenvalue weighted by atomic mass is 9.91. The van der Waals surface area contributed by atoms with Gasteiger partial charge in [0.05, 0.1) is 5.52 Å². The highest BCUT2D eigenvalue weighted by Gasteiger charge is 2.13. The Labute approximate surface area is 115 Å². The van der Waals surface area contributed by atoms with Gasteiger partial charge < -0.3 is 5.32 Å². The van der Waals surface area contributed by atoms with Crippen molar-refractivity contribution in [3.05, 3.63) is 41.6 Å². The highest BCUT2D eigenvalue weighted by molar-refractivity contribution is 5.79. The van der Waals surface area contributed by atoms with Crippen molar-refractivity contribution in [3.63, 3.8) is 0 Å². The van der Waals surface area contributed by atoms with Crippen LogP contribution in [0.1, 0.15) is 30.9 Å². The molecule has 100 valence electrons. The summed E-state index contributed by atoms with van der Waals surface area (Å²) >= 11 is 0. The molecular formula is C17H22N2. The fraction of sp³-hybridized carbons (Fsp3) is 0.471. The summed E-state index contributed by atoms with van der Waals surface area (Å²) in [4.78, 5) is 4.61. The minimum atomic E-state index is 0.829. The first kappa shape index (κ1) is 12.6. The Balaban J connectivity index is 1.83. The Bertz CT molecular complexity index is 556. The van der Waals surface area contributed by atoms with E-state index in [1.165, 1.54) is 48.9 Å². The highest BCUT2D eigenvalue weighted by atomic mass is 14.9. The second-order valence-corrected chi connectivity index (χ2v) is 5.62. The average molecular weight is 254 g/mol. The van der Waals surface area contributed by atoms with E-state index < -0.39 is 0 Å². The van der Waals surface area contributed by atoms with Crippen LogP contribution < -0.4 is 5.32 Å². The van der Waals surface area contributed by atoms with Crippen LogP contribution in [0.3, 0.4) is 0 Å². The zero-order chi connectivity index (χ0) is 13.1. The summed E-state index contributed by atoms with van der Waals surface area (Å²) in [7, 11) is 0. The molecule has 2 heteroatoms. The van der Waals surface area contributed by atoms with E-state index >= 15 is 0 Å². The van der Waals surface area contributed by atoms with E-state index in [2.05, 4.69) is 47.7 Å². The summed E-state index contributed by atoms with van der Waals surface area (Å²) in [6, 6.07) is 8.95. The molecule has 1 aromatic carbocycles. The quantitative estimate of drug-likeness (QED) is 0.908. The molecule has 2 aromatic rings. The maximum atomic E-state index is 4.61. The van der Waals surface area contributed by atoms with E-state index in [-0.39, 0.29) is 0 Å². The molecule has 3 rings (SSSR count). The van der Waals surface area contributed by atoms with Gasteiger partial charge in [-0.25, -0.2) is 0 Å². The van der Waals surface area contributed by atoms with Crippen LogP contribution in [-0.4, -0.2) is 18.1 Å². The number of aryl methyl sites for hydroxylation is 1. The first-order valence-corrected chi connectivity index (χ1v) is 7.43. The minimum Gasteiger partial charge on any atom is -0.317 e. The predicted molar refractivity (Wildman–Crippen MR) is 80.4 cm³/mol. The molecule has 1 aromatic heterocycles. The van der Waals surface area contributed by atoms with Crippen molar-refractivity contribution in [1.82, 2.24) is 10.3 Å². The highest BCUT2D eigenvalue weighted by Crippen LogP contribution is 2.21. The van der Waals surface area contributed by atoms with Crippen LogP contribution in [0.25, 0.3) is 10.9 Å². The molecule has 0 atom stereocenters. The molecule has 0 spiro atoms. The molecule has 0 saturated carbocycles. The fourth-order valence-corrected chi connectivity index (χ4v) is 2.98. The van der Waals surface area contributed by atoms with E-state index in [0.717, 1.165) is 17.9 Å².